The number of nitrogens with one attached hydrogen (secondary N) is 2. The maximum absolute atomic E-state index is 12.3. The van der Waals surface area contributed by atoms with Crippen molar-refractivity contribution in [3.63, 3.8) is 0 Å². The van der Waals surface area contributed by atoms with Crippen LogP contribution < -0.4 is 15.4 Å². The molecule has 1 aromatic heterocycles. The highest BCUT2D eigenvalue weighted by atomic mass is 16.5. The summed E-state index contributed by atoms with van der Waals surface area (Å²) in [6, 6.07) is 16.0. The van der Waals surface area contributed by atoms with Crippen molar-refractivity contribution >= 4 is 23.2 Å². The van der Waals surface area contributed by atoms with E-state index in [1.807, 2.05) is 44.2 Å². The van der Waals surface area contributed by atoms with E-state index in [1.54, 1.807) is 31.2 Å². The Morgan fingerprint density at radius 3 is 2.25 bits per heavy atom. The second kappa shape index (κ2) is 8.39. The molecular formula is C21H21N3O4. The Balaban J connectivity index is 1.68. The standard InChI is InChI=1S/C21H21N3O4/c1-13(2)27-17-11-9-16(10-12-17)22-20(25)21(26)23-18-14(3)24-28-19(18)15-7-5-4-6-8-15/h4-13H,1-3H3,(H,22,25)(H,23,26). The van der Waals surface area contributed by atoms with Crippen LogP contribution in [-0.4, -0.2) is 23.1 Å². The summed E-state index contributed by atoms with van der Waals surface area (Å²) in [4.78, 5) is 24.6. The molecule has 3 rings (SSSR count). The molecule has 0 unspecified atom stereocenters. The van der Waals surface area contributed by atoms with E-state index in [0.717, 1.165) is 5.56 Å². The predicted octanol–water partition coefficient (Wildman–Crippen LogP) is 4.01. The minimum absolute atomic E-state index is 0.0526. The third kappa shape index (κ3) is 4.56. The molecule has 0 saturated heterocycles. The summed E-state index contributed by atoms with van der Waals surface area (Å²) in [6.07, 6.45) is 0.0526. The maximum Gasteiger partial charge on any atom is 0.314 e. The summed E-state index contributed by atoms with van der Waals surface area (Å²) in [5, 5.41) is 9.03. The van der Waals surface area contributed by atoms with Crippen LogP contribution in [0.1, 0.15) is 19.5 Å². The number of nitrogens with zero attached hydrogens (tertiary/aromatic N) is 1. The van der Waals surface area contributed by atoms with Crippen molar-refractivity contribution in [1.82, 2.24) is 5.16 Å². The lowest BCUT2D eigenvalue weighted by Gasteiger charge is -2.10. The van der Waals surface area contributed by atoms with E-state index in [1.165, 1.54) is 0 Å². The van der Waals surface area contributed by atoms with Crippen molar-refractivity contribution in [2.45, 2.75) is 26.9 Å². The van der Waals surface area contributed by atoms with Gasteiger partial charge in [0.2, 0.25) is 0 Å². The molecule has 0 atom stereocenters. The van der Waals surface area contributed by atoms with Crippen LogP contribution in [0.2, 0.25) is 0 Å². The Morgan fingerprint density at radius 1 is 0.964 bits per heavy atom. The van der Waals surface area contributed by atoms with Crippen LogP contribution in [0.15, 0.2) is 59.1 Å². The summed E-state index contributed by atoms with van der Waals surface area (Å²) in [6.45, 7) is 5.55. The molecule has 0 saturated carbocycles. The number of anilines is 2. The summed E-state index contributed by atoms with van der Waals surface area (Å²) in [5.74, 6) is -0.525. The van der Waals surface area contributed by atoms with E-state index in [0.29, 0.717) is 28.6 Å². The van der Waals surface area contributed by atoms with Gasteiger partial charge in [0.25, 0.3) is 0 Å². The van der Waals surface area contributed by atoms with Crippen molar-refractivity contribution in [3.05, 3.63) is 60.3 Å². The van der Waals surface area contributed by atoms with Crippen molar-refractivity contribution in [1.29, 1.82) is 0 Å². The number of aryl methyl sites for hydroxylation is 1. The van der Waals surface area contributed by atoms with Crippen LogP contribution in [-0.2, 0) is 9.59 Å². The first-order chi connectivity index (χ1) is 13.4. The first kappa shape index (κ1) is 19.2. The Hall–Kier alpha value is -3.61. The minimum Gasteiger partial charge on any atom is -0.491 e. The Labute approximate surface area is 162 Å². The van der Waals surface area contributed by atoms with Gasteiger partial charge in [-0.3, -0.25) is 9.59 Å². The molecule has 0 aliphatic carbocycles. The van der Waals surface area contributed by atoms with Crippen LogP contribution in [0.25, 0.3) is 11.3 Å². The molecule has 0 radical (unpaired) electrons. The van der Waals surface area contributed by atoms with Crippen LogP contribution in [0.4, 0.5) is 11.4 Å². The molecule has 144 valence electrons. The number of benzene rings is 2. The van der Waals surface area contributed by atoms with E-state index in [2.05, 4.69) is 15.8 Å². The summed E-state index contributed by atoms with van der Waals surface area (Å²) < 4.78 is 10.9. The van der Waals surface area contributed by atoms with Gasteiger partial charge in [-0.2, -0.15) is 0 Å². The van der Waals surface area contributed by atoms with Crippen LogP contribution in [0, 0.1) is 6.92 Å². The first-order valence-corrected chi connectivity index (χ1v) is 8.85. The van der Waals surface area contributed by atoms with E-state index < -0.39 is 11.8 Å². The van der Waals surface area contributed by atoms with Crippen LogP contribution >= 0.6 is 0 Å². The van der Waals surface area contributed by atoms with Crippen molar-refractivity contribution in [2.75, 3.05) is 10.6 Å². The molecule has 7 heteroatoms. The molecule has 1 heterocycles. The number of aromatic nitrogens is 1. The Kier molecular flexibility index (Phi) is 5.74. The monoisotopic (exact) mass is 379 g/mol. The molecule has 0 aliphatic heterocycles. The smallest absolute Gasteiger partial charge is 0.314 e. The molecular weight excluding hydrogens is 358 g/mol. The molecule has 3 aromatic rings. The molecule has 2 N–H and O–H groups in total. The zero-order valence-electron chi connectivity index (χ0n) is 15.9. The second-order valence-electron chi connectivity index (χ2n) is 6.44. The molecule has 0 aliphatic rings. The van der Waals surface area contributed by atoms with Gasteiger partial charge in [-0.25, -0.2) is 0 Å². The number of carbonyl (C=O) groups excluding carboxylic acids is 2. The first-order valence-electron chi connectivity index (χ1n) is 8.85. The van der Waals surface area contributed by atoms with E-state index in [4.69, 9.17) is 9.26 Å². The average Bonchev–Trinajstić information content (AvgIpc) is 3.04. The zero-order valence-corrected chi connectivity index (χ0v) is 15.9. The molecule has 2 aromatic carbocycles. The third-order valence-corrected chi connectivity index (χ3v) is 3.83. The maximum atomic E-state index is 12.3. The van der Waals surface area contributed by atoms with Gasteiger partial charge in [-0.15, -0.1) is 0 Å². The largest absolute Gasteiger partial charge is 0.491 e. The van der Waals surface area contributed by atoms with Crippen molar-refractivity contribution in [3.8, 4) is 17.1 Å². The summed E-state index contributed by atoms with van der Waals surface area (Å²) in [7, 11) is 0. The quantitative estimate of drug-likeness (QED) is 0.653. The average molecular weight is 379 g/mol. The SMILES string of the molecule is Cc1noc(-c2ccccc2)c1NC(=O)C(=O)Nc1ccc(OC(C)C)cc1. The van der Waals surface area contributed by atoms with Gasteiger partial charge in [-0.05, 0) is 45.0 Å². The molecule has 0 bridgehead atoms. The summed E-state index contributed by atoms with van der Waals surface area (Å²) >= 11 is 0. The Bertz CT molecular complexity index is 963. The normalized spacial score (nSPS) is 10.6. The fourth-order valence-electron chi connectivity index (χ4n) is 2.55. The van der Waals surface area contributed by atoms with Gasteiger partial charge in [0.1, 0.15) is 17.1 Å². The molecule has 28 heavy (non-hydrogen) atoms. The highest BCUT2D eigenvalue weighted by Gasteiger charge is 2.21. The number of rotatable bonds is 5. The summed E-state index contributed by atoms with van der Waals surface area (Å²) in [5.41, 5.74) is 2.09. The predicted molar refractivity (Wildman–Crippen MR) is 106 cm³/mol. The fraction of sp³-hybridized carbons (Fsp3) is 0.190. The van der Waals surface area contributed by atoms with Crippen molar-refractivity contribution < 1.29 is 18.8 Å². The van der Waals surface area contributed by atoms with E-state index >= 15 is 0 Å². The minimum atomic E-state index is -0.814. The van der Waals surface area contributed by atoms with Crippen LogP contribution in [0.5, 0.6) is 5.75 Å². The van der Waals surface area contributed by atoms with Crippen molar-refractivity contribution in [2.24, 2.45) is 0 Å². The highest BCUT2D eigenvalue weighted by Crippen LogP contribution is 2.30. The lowest BCUT2D eigenvalue weighted by Crippen LogP contribution is -2.29. The Morgan fingerprint density at radius 2 is 1.61 bits per heavy atom. The third-order valence-electron chi connectivity index (χ3n) is 3.83. The number of hydrogen-bond acceptors (Lipinski definition) is 5. The number of carbonyl (C=O) groups is 2. The van der Waals surface area contributed by atoms with Gasteiger partial charge in [0.05, 0.1) is 6.10 Å². The zero-order chi connectivity index (χ0) is 20.1. The molecule has 2 amide bonds. The molecule has 7 nitrogen and oxygen atoms in total. The lowest BCUT2D eigenvalue weighted by molar-refractivity contribution is -0.133. The van der Waals surface area contributed by atoms with Gasteiger partial charge in [-0.1, -0.05) is 35.5 Å². The second-order valence-corrected chi connectivity index (χ2v) is 6.44. The highest BCUT2D eigenvalue weighted by molar-refractivity contribution is 6.44. The number of amides is 2. The van der Waals surface area contributed by atoms with Gasteiger partial charge in [0, 0.05) is 11.3 Å². The van der Waals surface area contributed by atoms with Gasteiger partial charge >= 0.3 is 11.8 Å². The van der Waals surface area contributed by atoms with Gasteiger partial charge in [0.15, 0.2) is 5.76 Å². The lowest BCUT2D eigenvalue weighted by atomic mass is 10.1. The fourth-order valence-corrected chi connectivity index (χ4v) is 2.55. The van der Waals surface area contributed by atoms with Crippen LogP contribution in [0.3, 0.4) is 0 Å². The molecule has 0 spiro atoms. The number of ether oxygens (including phenoxy) is 1. The topological polar surface area (TPSA) is 93.5 Å². The number of hydrogen-bond donors (Lipinski definition) is 2. The van der Waals surface area contributed by atoms with Gasteiger partial charge < -0.3 is 19.9 Å². The van der Waals surface area contributed by atoms with E-state index in [-0.39, 0.29) is 6.10 Å². The van der Waals surface area contributed by atoms with E-state index in [9.17, 15) is 9.59 Å². The molecule has 0 fully saturated rings.